The van der Waals surface area contributed by atoms with Crippen molar-refractivity contribution in [1.29, 1.82) is 0 Å². The van der Waals surface area contributed by atoms with Gasteiger partial charge in [0.1, 0.15) is 22.8 Å². The van der Waals surface area contributed by atoms with Crippen LogP contribution in [0.4, 0.5) is 0 Å². The zero-order chi connectivity index (χ0) is 24.8. The fourth-order valence-corrected chi connectivity index (χ4v) is 6.48. The second-order valence-electron chi connectivity index (χ2n) is 11.1. The van der Waals surface area contributed by atoms with Gasteiger partial charge in [-0.05, 0) is 54.4 Å². The van der Waals surface area contributed by atoms with Crippen LogP contribution in [0.2, 0.25) is 0 Å². The van der Waals surface area contributed by atoms with E-state index >= 15 is 0 Å². The van der Waals surface area contributed by atoms with E-state index in [2.05, 4.69) is 0 Å². The first kappa shape index (κ1) is 22.9. The molecule has 180 valence electrons. The first-order valence-corrected chi connectivity index (χ1v) is 11.9. The average Bonchev–Trinajstić information content (AvgIpc) is 2.89. The Morgan fingerprint density at radius 3 is 2.41 bits per heavy atom. The van der Waals surface area contributed by atoms with Crippen molar-refractivity contribution < 1.29 is 29.3 Å². The largest absolute Gasteiger partial charge is 0.507 e. The molecule has 5 aliphatic rings. The molecule has 4 atom stereocenters. The minimum atomic E-state index is -1.35. The van der Waals surface area contributed by atoms with Crippen LogP contribution in [-0.2, 0) is 16.0 Å². The van der Waals surface area contributed by atoms with Crippen LogP contribution in [0, 0.1) is 11.8 Å². The van der Waals surface area contributed by atoms with Gasteiger partial charge in [-0.1, -0.05) is 29.4 Å². The summed E-state index contributed by atoms with van der Waals surface area (Å²) in [7, 11) is 0. The first-order chi connectivity index (χ1) is 15.9. The molecular weight excluding hydrogens is 432 g/mol. The van der Waals surface area contributed by atoms with Crippen LogP contribution in [0.3, 0.4) is 0 Å². The van der Waals surface area contributed by atoms with Gasteiger partial charge in [-0.25, -0.2) is 0 Å². The normalized spacial score (nSPS) is 31.9. The van der Waals surface area contributed by atoms with Crippen LogP contribution in [0.15, 0.2) is 41.0 Å². The van der Waals surface area contributed by atoms with Crippen LogP contribution in [0.25, 0.3) is 0 Å². The Balaban J connectivity index is 1.81. The lowest BCUT2D eigenvalue weighted by Crippen LogP contribution is -2.72. The van der Waals surface area contributed by atoms with E-state index in [-0.39, 0.29) is 40.3 Å². The summed E-state index contributed by atoms with van der Waals surface area (Å²) in [6.45, 7) is 11.7. The first-order valence-electron chi connectivity index (χ1n) is 11.9. The maximum absolute atomic E-state index is 14.0. The number of rotatable bonds is 4. The lowest BCUT2D eigenvalue weighted by atomic mass is 9.51. The smallest absolute Gasteiger partial charge is 0.200 e. The predicted molar refractivity (Wildman–Crippen MR) is 127 cm³/mol. The summed E-state index contributed by atoms with van der Waals surface area (Å²) in [5.41, 5.74) is -0.450. The van der Waals surface area contributed by atoms with Crippen molar-refractivity contribution in [3.05, 3.63) is 52.1 Å². The lowest BCUT2D eigenvalue weighted by Gasteiger charge is -2.56. The molecule has 4 bridgehead atoms. The van der Waals surface area contributed by atoms with Gasteiger partial charge >= 0.3 is 0 Å². The summed E-state index contributed by atoms with van der Waals surface area (Å²) in [4.78, 5) is 27.9. The van der Waals surface area contributed by atoms with Gasteiger partial charge in [0.2, 0.25) is 0 Å². The second-order valence-corrected chi connectivity index (χ2v) is 11.1. The van der Waals surface area contributed by atoms with Crippen molar-refractivity contribution in [3.63, 3.8) is 0 Å². The van der Waals surface area contributed by atoms with Crippen molar-refractivity contribution in [3.8, 4) is 17.2 Å². The molecule has 1 aromatic rings. The number of fused-ring (bicyclic) bond motifs is 1. The topological polar surface area (TPSA) is 93.1 Å². The van der Waals surface area contributed by atoms with Crippen molar-refractivity contribution in [1.82, 2.24) is 0 Å². The van der Waals surface area contributed by atoms with Crippen LogP contribution < -0.4 is 4.74 Å². The van der Waals surface area contributed by atoms with E-state index in [0.29, 0.717) is 30.4 Å². The third-order valence-electron chi connectivity index (χ3n) is 7.95. The highest BCUT2D eigenvalue weighted by Crippen LogP contribution is 2.68. The molecule has 34 heavy (non-hydrogen) atoms. The molecular formula is C28H32O6. The molecule has 6 nitrogen and oxygen atoms in total. The van der Waals surface area contributed by atoms with Gasteiger partial charge in [0.25, 0.3) is 0 Å². The molecule has 2 heterocycles. The van der Waals surface area contributed by atoms with Gasteiger partial charge in [0.05, 0.1) is 5.60 Å². The van der Waals surface area contributed by atoms with E-state index in [9.17, 15) is 19.8 Å². The van der Waals surface area contributed by atoms with Crippen LogP contribution >= 0.6 is 0 Å². The molecule has 6 rings (SSSR count). The van der Waals surface area contributed by atoms with Crippen LogP contribution in [0.5, 0.6) is 17.2 Å². The molecule has 0 unspecified atom stereocenters. The number of ether oxygens (including phenoxy) is 2. The Kier molecular flexibility index (Phi) is 4.77. The molecule has 2 fully saturated rings. The van der Waals surface area contributed by atoms with Gasteiger partial charge in [-0.3, -0.25) is 9.59 Å². The Morgan fingerprint density at radius 2 is 1.76 bits per heavy atom. The lowest BCUT2D eigenvalue weighted by molar-refractivity contribution is -0.171. The van der Waals surface area contributed by atoms with Crippen molar-refractivity contribution in [2.75, 3.05) is 0 Å². The third kappa shape index (κ3) is 2.72. The number of carbonyl (C=O) groups excluding carboxylic acids is 2. The summed E-state index contributed by atoms with van der Waals surface area (Å²) in [5.74, 6) is -1.43. The molecule has 0 radical (unpaired) electrons. The maximum Gasteiger partial charge on any atom is 0.200 e. The third-order valence-corrected chi connectivity index (χ3v) is 7.95. The summed E-state index contributed by atoms with van der Waals surface area (Å²) in [6, 6.07) is 1.20. The highest BCUT2D eigenvalue weighted by molar-refractivity contribution is 6.18. The van der Waals surface area contributed by atoms with E-state index in [4.69, 9.17) is 9.47 Å². The molecule has 0 aromatic heterocycles. The Labute approximate surface area is 200 Å². The van der Waals surface area contributed by atoms with E-state index < -0.39 is 22.7 Å². The van der Waals surface area contributed by atoms with E-state index in [0.717, 1.165) is 11.1 Å². The Hall–Kier alpha value is -2.86. The zero-order valence-corrected chi connectivity index (χ0v) is 20.6. The fourth-order valence-electron chi connectivity index (χ4n) is 6.48. The number of benzene rings is 1. The van der Waals surface area contributed by atoms with E-state index in [1.54, 1.807) is 6.08 Å². The molecule has 1 spiro atoms. The maximum atomic E-state index is 14.0. The molecule has 3 aliphatic carbocycles. The van der Waals surface area contributed by atoms with Gasteiger partial charge in [0.15, 0.2) is 22.8 Å². The molecule has 2 aliphatic heterocycles. The predicted octanol–water partition coefficient (Wildman–Crippen LogP) is 4.97. The number of ketones is 2. The average molecular weight is 465 g/mol. The van der Waals surface area contributed by atoms with Crippen LogP contribution in [0.1, 0.15) is 70.3 Å². The van der Waals surface area contributed by atoms with Gasteiger partial charge < -0.3 is 19.7 Å². The number of Topliss-reactive ketones (excluding diaryl/α,β-unsaturated/α-hetero) is 2. The number of carbonyl (C=O) groups is 2. The minimum absolute atomic E-state index is 0.0430. The zero-order valence-electron chi connectivity index (χ0n) is 20.6. The Morgan fingerprint density at radius 1 is 1.09 bits per heavy atom. The monoisotopic (exact) mass is 464 g/mol. The molecule has 1 saturated carbocycles. The number of phenolic OH excluding ortho intramolecular Hbond substituents is 2. The summed E-state index contributed by atoms with van der Waals surface area (Å²) in [6.07, 6.45) is 6.78. The molecule has 1 saturated heterocycles. The summed E-state index contributed by atoms with van der Waals surface area (Å²) < 4.78 is 13.5. The van der Waals surface area contributed by atoms with E-state index in [1.165, 1.54) is 6.07 Å². The summed E-state index contributed by atoms with van der Waals surface area (Å²) >= 11 is 0. The molecule has 6 heteroatoms. The summed E-state index contributed by atoms with van der Waals surface area (Å²) in [5, 5.41) is 21.4. The van der Waals surface area contributed by atoms with Gasteiger partial charge in [0, 0.05) is 35.5 Å². The fraction of sp³-hybridized carbons (Fsp3) is 0.500. The highest BCUT2D eigenvalue weighted by Gasteiger charge is 2.81. The van der Waals surface area contributed by atoms with Gasteiger partial charge in [-0.15, -0.1) is 0 Å². The van der Waals surface area contributed by atoms with Crippen molar-refractivity contribution >= 4 is 11.6 Å². The highest BCUT2D eigenvalue weighted by atomic mass is 16.6. The standard InChI is InChI=1S/C28H32O6/c1-14(2)7-8-17-19(29)13-20(30)22-23(31)18-11-16-12-21-26(5,6)34-27(25(16)32,10-9-15(3)4)28(18,21)33-24(17)22/h7,9,11,13,16,21,29-30H,8,10,12H2,1-6H3/t16-,21-,27-,28+/m0/s1. The molecule has 1 aromatic carbocycles. The molecule has 0 amide bonds. The number of hydrogen-bond donors (Lipinski definition) is 2. The van der Waals surface area contributed by atoms with E-state index in [1.807, 2.05) is 53.7 Å². The Bertz CT molecular complexity index is 1220. The minimum Gasteiger partial charge on any atom is -0.507 e. The van der Waals surface area contributed by atoms with Crippen LogP contribution in [-0.4, -0.2) is 38.6 Å². The van der Waals surface area contributed by atoms with Gasteiger partial charge in [-0.2, -0.15) is 0 Å². The number of allylic oxidation sites excluding steroid dienone is 4. The van der Waals surface area contributed by atoms with Crippen molar-refractivity contribution in [2.24, 2.45) is 11.8 Å². The molecule has 2 N–H and O–H groups in total. The van der Waals surface area contributed by atoms with Crippen molar-refractivity contribution in [2.45, 2.75) is 77.6 Å². The number of phenols is 2. The SMILES string of the molecule is CC(C)=CCc1c(O)cc(O)c2c1O[C@]13C(=C[C@H]4C[C@H]1C(C)(C)O[C@@]3(CC=C(C)C)C4=O)C2=O. The number of hydrogen-bond acceptors (Lipinski definition) is 6. The number of aromatic hydroxyl groups is 2. The second kappa shape index (κ2) is 7.08. The quantitative estimate of drug-likeness (QED) is 0.611.